The van der Waals surface area contributed by atoms with Gasteiger partial charge in [-0.15, -0.1) is 0 Å². The fraction of sp³-hybridized carbons (Fsp3) is 0.250. The average molecular weight is 283 g/mol. The van der Waals surface area contributed by atoms with E-state index in [1.165, 1.54) is 5.56 Å². The molecular weight excluding hydrogens is 266 g/mol. The van der Waals surface area contributed by atoms with E-state index in [9.17, 15) is 4.79 Å². The number of hydrogen-bond acceptors (Lipinski definition) is 4. The average Bonchev–Trinajstić information content (AvgIpc) is 2.94. The van der Waals surface area contributed by atoms with Gasteiger partial charge in [0.05, 0.1) is 18.3 Å². The zero-order valence-electron chi connectivity index (χ0n) is 11.8. The van der Waals surface area contributed by atoms with Gasteiger partial charge in [0.25, 0.3) is 0 Å². The number of amides is 1. The second-order valence-corrected chi connectivity index (χ2v) is 5.11. The number of aromatic nitrogens is 1. The molecule has 0 fully saturated rings. The molecule has 5 nitrogen and oxygen atoms in total. The molecule has 3 rings (SSSR count). The fourth-order valence-electron chi connectivity index (χ4n) is 2.25. The van der Waals surface area contributed by atoms with Crippen molar-refractivity contribution < 1.29 is 9.53 Å². The molecule has 3 N–H and O–H groups in total. The molecule has 0 aliphatic carbocycles. The number of benzene rings is 1. The number of carbonyl (C=O) groups is 1. The van der Waals surface area contributed by atoms with E-state index in [1.54, 1.807) is 13.0 Å². The molecule has 0 saturated heterocycles. The number of nitrogens with one attached hydrogen (secondary N) is 1. The van der Waals surface area contributed by atoms with Gasteiger partial charge in [-0.05, 0) is 42.8 Å². The molecule has 1 aromatic heterocycles. The largest absolute Gasteiger partial charge is 0.493 e. The molecule has 2 aromatic rings. The molecule has 108 valence electrons. The van der Waals surface area contributed by atoms with E-state index in [0.29, 0.717) is 5.82 Å². The third-order valence-corrected chi connectivity index (χ3v) is 3.40. The Kier molecular flexibility index (Phi) is 3.58. The third-order valence-electron chi connectivity index (χ3n) is 3.40. The molecule has 0 spiro atoms. The van der Waals surface area contributed by atoms with Gasteiger partial charge in [-0.1, -0.05) is 6.07 Å². The first-order chi connectivity index (χ1) is 10.1. The Morgan fingerprint density at radius 1 is 1.38 bits per heavy atom. The van der Waals surface area contributed by atoms with Crippen molar-refractivity contribution >= 4 is 11.7 Å². The highest BCUT2D eigenvalue weighted by atomic mass is 16.5. The SMILES string of the molecule is CC(N)C(=O)Nc1cccc(-c2ccc3c(c2)CCO3)n1. The molecule has 1 atom stereocenters. The molecule has 0 bridgehead atoms. The molecule has 1 aliphatic heterocycles. The summed E-state index contributed by atoms with van der Waals surface area (Å²) in [5, 5.41) is 2.70. The number of pyridine rings is 1. The van der Waals surface area contributed by atoms with E-state index >= 15 is 0 Å². The molecular formula is C16H17N3O2. The minimum Gasteiger partial charge on any atom is -0.493 e. The Labute approximate surface area is 123 Å². The fourth-order valence-corrected chi connectivity index (χ4v) is 2.25. The molecule has 1 aliphatic rings. The smallest absolute Gasteiger partial charge is 0.242 e. The summed E-state index contributed by atoms with van der Waals surface area (Å²) in [6.45, 7) is 2.37. The zero-order valence-corrected chi connectivity index (χ0v) is 11.8. The summed E-state index contributed by atoms with van der Waals surface area (Å²) < 4.78 is 5.50. The molecule has 0 saturated carbocycles. The zero-order chi connectivity index (χ0) is 14.8. The van der Waals surface area contributed by atoms with E-state index in [-0.39, 0.29) is 5.91 Å². The highest BCUT2D eigenvalue weighted by Gasteiger charge is 2.14. The third kappa shape index (κ3) is 2.87. The number of fused-ring (bicyclic) bond motifs is 1. The Balaban J connectivity index is 1.87. The topological polar surface area (TPSA) is 77.2 Å². The van der Waals surface area contributed by atoms with Crippen molar-refractivity contribution in [3.05, 3.63) is 42.0 Å². The van der Waals surface area contributed by atoms with Crippen molar-refractivity contribution in [2.24, 2.45) is 5.73 Å². The molecule has 5 heteroatoms. The van der Waals surface area contributed by atoms with E-state index in [2.05, 4.69) is 16.4 Å². The summed E-state index contributed by atoms with van der Waals surface area (Å²) in [6, 6.07) is 11.0. The molecule has 1 aromatic carbocycles. The van der Waals surface area contributed by atoms with Crippen LogP contribution in [0.15, 0.2) is 36.4 Å². The van der Waals surface area contributed by atoms with Crippen LogP contribution in [0.5, 0.6) is 5.75 Å². The lowest BCUT2D eigenvalue weighted by Gasteiger charge is -2.09. The van der Waals surface area contributed by atoms with Gasteiger partial charge in [-0.2, -0.15) is 0 Å². The molecule has 1 unspecified atom stereocenters. The number of rotatable bonds is 3. The van der Waals surface area contributed by atoms with Crippen LogP contribution >= 0.6 is 0 Å². The monoisotopic (exact) mass is 283 g/mol. The predicted octanol–water partition coefficient (Wildman–Crippen LogP) is 1.97. The van der Waals surface area contributed by atoms with Crippen molar-refractivity contribution in [1.82, 2.24) is 4.98 Å². The number of nitrogens with zero attached hydrogens (tertiary/aromatic N) is 1. The Bertz CT molecular complexity index is 683. The first-order valence-electron chi connectivity index (χ1n) is 6.93. The van der Waals surface area contributed by atoms with Gasteiger partial charge in [0.1, 0.15) is 11.6 Å². The summed E-state index contributed by atoms with van der Waals surface area (Å²) in [4.78, 5) is 16.1. The predicted molar refractivity (Wildman–Crippen MR) is 81.2 cm³/mol. The maximum absolute atomic E-state index is 11.6. The van der Waals surface area contributed by atoms with E-state index in [4.69, 9.17) is 10.5 Å². The van der Waals surface area contributed by atoms with Crippen LogP contribution in [0, 0.1) is 0 Å². The van der Waals surface area contributed by atoms with Crippen molar-refractivity contribution in [3.63, 3.8) is 0 Å². The molecule has 21 heavy (non-hydrogen) atoms. The van der Waals surface area contributed by atoms with Crippen LogP contribution in [0.1, 0.15) is 12.5 Å². The van der Waals surface area contributed by atoms with Gasteiger partial charge in [-0.25, -0.2) is 4.98 Å². The van der Waals surface area contributed by atoms with Crippen LogP contribution in [0.2, 0.25) is 0 Å². The van der Waals surface area contributed by atoms with Gasteiger partial charge >= 0.3 is 0 Å². The lowest BCUT2D eigenvalue weighted by Crippen LogP contribution is -2.32. The van der Waals surface area contributed by atoms with Gasteiger partial charge in [0.15, 0.2) is 0 Å². The summed E-state index contributed by atoms with van der Waals surface area (Å²) in [5.41, 5.74) is 8.56. The summed E-state index contributed by atoms with van der Waals surface area (Å²) in [5.74, 6) is 1.20. The second kappa shape index (κ2) is 5.54. The molecule has 2 heterocycles. The van der Waals surface area contributed by atoms with Crippen molar-refractivity contribution in [2.45, 2.75) is 19.4 Å². The second-order valence-electron chi connectivity index (χ2n) is 5.11. The highest BCUT2D eigenvalue weighted by Crippen LogP contribution is 2.30. The van der Waals surface area contributed by atoms with Gasteiger partial charge in [0, 0.05) is 12.0 Å². The van der Waals surface area contributed by atoms with Crippen LogP contribution in [0.3, 0.4) is 0 Å². The number of carbonyl (C=O) groups excluding carboxylic acids is 1. The van der Waals surface area contributed by atoms with Crippen LogP contribution in [-0.4, -0.2) is 23.5 Å². The van der Waals surface area contributed by atoms with E-state index in [0.717, 1.165) is 30.0 Å². The summed E-state index contributed by atoms with van der Waals surface area (Å²) in [7, 11) is 0. The Morgan fingerprint density at radius 3 is 3.05 bits per heavy atom. The maximum Gasteiger partial charge on any atom is 0.242 e. The first-order valence-corrected chi connectivity index (χ1v) is 6.93. The minimum atomic E-state index is -0.562. The number of anilines is 1. The number of nitrogens with two attached hydrogens (primary N) is 1. The van der Waals surface area contributed by atoms with Gasteiger partial charge in [-0.3, -0.25) is 4.79 Å². The van der Waals surface area contributed by atoms with Crippen LogP contribution in [-0.2, 0) is 11.2 Å². The number of hydrogen-bond donors (Lipinski definition) is 2. The quantitative estimate of drug-likeness (QED) is 0.903. The van der Waals surface area contributed by atoms with Gasteiger partial charge < -0.3 is 15.8 Å². The van der Waals surface area contributed by atoms with Crippen LogP contribution < -0.4 is 15.8 Å². The van der Waals surface area contributed by atoms with E-state index in [1.807, 2.05) is 24.3 Å². The highest BCUT2D eigenvalue weighted by molar-refractivity contribution is 5.93. The van der Waals surface area contributed by atoms with Crippen LogP contribution in [0.25, 0.3) is 11.3 Å². The minimum absolute atomic E-state index is 0.248. The normalized spacial score (nSPS) is 14.2. The van der Waals surface area contributed by atoms with Crippen molar-refractivity contribution in [2.75, 3.05) is 11.9 Å². The lowest BCUT2D eigenvalue weighted by atomic mass is 10.1. The Morgan fingerprint density at radius 2 is 2.24 bits per heavy atom. The van der Waals surface area contributed by atoms with Crippen molar-refractivity contribution in [1.29, 1.82) is 0 Å². The van der Waals surface area contributed by atoms with Crippen molar-refractivity contribution in [3.8, 4) is 17.0 Å². The molecule has 1 amide bonds. The number of ether oxygens (including phenoxy) is 1. The van der Waals surface area contributed by atoms with E-state index < -0.39 is 6.04 Å². The van der Waals surface area contributed by atoms with Gasteiger partial charge in [0.2, 0.25) is 5.91 Å². The maximum atomic E-state index is 11.6. The summed E-state index contributed by atoms with van der Waals surface area (Å²) >= 11 is 0. The Hall–Kier alpha value is -2.40. The lowest BCUT2D eigenvalue weighted by molar-refractivity contribution is -0.117. The molecule has 0 radical (unpaired) electrons. The standard InChI is InChI=1S/C16H17N3O2/c1-10(17)16(20)19-15-4-2-3-13(18-15)11-5-6-14-12(9-11)7-8-21-14/h2-6,9-10H,7-8,17H2,1H3,(H,18,19,20). The summed E-state index contributed by atoms with van der Waals surface area (Å²) in [6.07, 6.45) is 0.921. The van der Waals surface area contributed by atoms with Crippen LogP contribution in [0.4, 0.5) is 5.82 Å². The first kappa shape index (κ1) is 13.6.